The van der Waals surface area contributed by atoms with Gasteiger partial charge in [-0.1, -0.05) is 25.1 Å². The second kappa shape index (κ2) is 6.69. The van der Waals surface area contributed by atoms with Crippen LogP contribution in [0.3, 0.4) is 0 Å². The zero-order valence-electron chi connectivity index (χ0n) is 11.4. The molecule has 0 aromatic heterocycles. The van der Waals surface area contributed by atoms with Gasteiger partial charge in [-0.2, -0.15) is 0 Å². The first kappa shape index (κ1) is 14.9. The second-order valence-electron chi connectivity index (χ2n) is 4.55. The number of benzene rings is 1. The minimum Gasteiger partial charge on any atom is -0.469 e. The summed E-state index contributed by atoms with van der Waals surface area (Å²) in [6.07, 6.45) is 0. The standard InChI is InChI=1S/C14H20O3S/c1-10-6-5-7-11(2)13(10)9-18(16)8-12(3)14(15)17-4/h5-7,12H,8-9H2,1-4H3. The van der Waals surface area contributed by atoms with Gasteiger partial charge in [-0.05, 0) is 30.5 Å². The predicted molar refractivity (Wildman–Crippen MR) is 73.8 cm³/mol. The average Bonchev–Trinajstić information content (AvgIpc) is 2.32. The molecule has 1 aromatic rings. The molecule has 100 valence electrons. The molecule has 0 radical (unpaired) electrons. The van der Waals surface area contributed by atoms with Gasteiger partial charge in [-0.3, -0.25) is 9.00 Å². The summed E-state index contributed by atoms with van der Waals surface area (Å²) in [6.45, 7) is 5.78. The third kappa shape index (κ3) is 3.95. The Kier molecular flexibility index (Phi) is 5.54. The van der Waals surface area contributed by atoms with Crippen LogP contribution in [0.5, 0.6) is 0 Å². The van der Waals surface area contributed by atoms with E-state index in [0.29, 0.717) is 11.5 Å². The number of carbonyl (C=O) groups is 1. The number of hydrogen-bond donors (Lipinski definition) is 0. The van der Waals surface area contributed by atoms with Crippen molar-refractivity contribution >= 4 is 16.8 Å². The molecule has 18 heavy (non-hydrogen) atoms. The van der Waals surface area contributed by atoms with E-state index >= 15 is 0 Å². The molecule has 0 saturated heterocycles. The number of carbonyl (C=O) groups excluding carboxylic acids is 1. The Morgan fingerprint density at radius 1 is 1.33 bits per heavy atom. The van der Waals surface area contributed by atoms with Crippen LogP contribution in [0.25, 0.3) is 0 Å². The van der Waals surface area contributed by atoms with Crippen LogP contribution < -0.4 is 0 Å². The minimum atomic E-state index is -1.04. The van der Waals surface area contributed by atoms with Crippen LogP contribution in [0.2, 0.25) is 0 Å². The topological polar surface area (TPSA) is 43.4 Å². The van der Waals surface area contributed by atoms with E-state index in [1.54, 1.807) is 6.92 Å². The van der Waals surface area contributed by atoms with E-state index in [1.807, 2.05) is 32.0 Å². The van der Waals surface area contributed by atoms with Gasteiger partial charge in [0.2, 0.25) is 0 Å². The lowest BCUT2D eigenvalue weighted by Gasteiger charge is -2.12. The largest absolute Gasteiger partial charge is 0.469 e. The van der Waals surface area contributed by atoms with Crippen molar-refractivity contribution in [3.8, 4) is 0 Å². The van der Waals surface area contributed by atoms with Crippen molar-refractivity contribution in [2.24, 2.45) is 5.92 Å². The molecule has 1 aromatic carbocycles. The number of aryl methyl sites for hydroxylation is 2. The van der Waals surface area contributed by atoms with Gasteiger partial charge in [0.15, 0.2) is 0 Å². The van der Waals surface area contributed by atoms with E-state index in [9.17, 15) is 9.00 Å². The normalized spacial score (nSPS) is 14.0. The van der Waals surface area contributed by atoms with E-state index in [1.165, 1.54) is 7.11 Å². The molecule has 4 heteroatoms. The smallest absolute Gasteiger partial charge is 0.309 e. The van der Waals surface area contributed by atoms with Gasteiger partial charge in [0, 0.05) is 22.3 Å². The number of methoxy groups -OCH3 is 1. The molecule has 1 rings (SSSR count). The monoisotopic (exact) mass is 268 g/mol. The third-order valence-corrected chi connectivity index (χ3v) is 4.47. The summed E-state index contributed by atoms with van der Waals surface area (Å²) in [4.78, 5) is 11.3. The van der Waals surface area contributed by atoms with Crippen LogP contribution in [0, 0.1) is 19.8 Å². The molecular weight excluding hydrogens is 248 g/mol. The maximum absolute atomic E-state index is 12.1. The lowest BCUT2D eigenvalue weighted by Crippen LogP contribution is -2.20. The molecule has 0 aliphatic heterocycles. The zero-order chi connectivity index (χ0) is 13.7. The van der Waals surface area contributed by atoms with Gasteiger partial charge in [0.25, 0.3) is 0 Å². The van der Waals surface area contributed by atoms with Crippen LogP contribution in [0.4, 0.5) is 0 Å². The van der Waals surface area contributed by atoms with E-state index in [2.05, 4.69) is 4.74 Å². The highest BCUT2D eigenvalue weighted by atomic mass is 32.2. The molecule has 0 aliphatic carbocycles. The molecule has 0 bridgehead atoms. The van der Waals surface area contributed by atoms with Crippen LogP contribution in [-0.2, 0) is 26.1 Å². The number of esters is 1. The van der Waals surface area contributed by atoms with E-state index in [0.717, 1.165) is 16.7 Å². The fourth-order valence-electron chi connectivity index (χ4n) is 1.84. The third-order valence-electron chi connectivity index (χ3n) is 2.99. The first-order chi connectivity index (χ1) is 8.45. The van der Waals surface area contributed by atoms with Crippen molar-refractivity contribution in [2.45, 2.75) is 26.5 Å². The summed E-state index contributed by atoms with van der Waals surface area (Å²) in [6, 6.07) is 6.03. The quantitative estimate of drug-likeness (QED) is 0.770. The Hall–Kier alpha value is -1.16. The van der Waals surface area contributed by atoms with Crippen molar-refractivity contribution in [1.29, 1.82) is 0 Å². The highest BCUT2D eigenvalue weighted by molar-refractivity contribution is 7.84. The number of ether oxygens (including phenoxy) is 1. The van der Waals surface area contributed by atoms with Crippen LogP contribution >= 0.6 is 0 Å². The van der Waals surface area contributed by atoms with Crippen LogP contribution in [0.1, 0.15) is 23.6 Å². The second-order valence-corrected chi connectivity index (χ2v) is 6.05. The Bertz CT molecular complexity index is 434. The highest BCUT2D eigenvalue weighted by Gasteiger charge is 2.17. The van der Waals surface area contributed by atoms with Crippen molar-refractivity contribution in [3.05, 3.63) is 34.9 Å². The Morgan fingerprint density at radius 3 is 2.39 bits per heavy atom. The molecular formula is C14H20O3S. The fraction of sp³-hybridized carbons (Fsp3) is 0.500. The summed E-state index contributed by atoms with van der Waals surface area (Å²) < 4.78 is 16.7. The Morgan fingerprint density at radius 2 is 1.89 bits per heavy atom. The first-order valence-corrected chi connectivity index (χ1v) is 7.42. The summed E-state index contributed by atoms with van der Waals surface area (Å²) in [5.74, 6) is 0.227. The molecule has 3 nitrogen and oxygen atoms in total. The highest BCUT2D eigenvalue weighted by Crippen LogP contribution is 2.16. The summed E-state index contributed by atoms with van der Waals surface area (Å²) in [5.41, 5.74) is 3.41. The lowest BCUT2D eigenvalue weighted by atomic mass is 10.1. The molecule has 0 amide bonds. The Balaban J connectivity index is 2.68. The Labute approximate surface area is 111 Å². The molecule has 0 saturated carbocycles. The van der Waals surface area contributed by atoms with E-state index in [-0.39, 0.29) is 11.9 Å². The molecule has 2 atom stereocenters. The minimum absolute atomic E-state index is 0.301. The molecule has 0 fully saturated rings. The van der Waals surface area contributed by atoms with E-state index in [4.69, 9.17) is 0 Å². The van der Waals surface area contributed by atoms with Gasteiger partial charge >= 0.3 is 5.97 Å². The lowest BCUT2D eigenvalue weighted by molar-refractivity contribution is -0.144. The molecule has 0 N–H and O–H groups in total. The van der Waals surface area contributed by atoms with Gasteiger partial charge in [0.05, 0.1) is 13.0 Å². The summed E-state index contributed by atoms with van der Waals surface area (Å²) in [7, 11) is 0.310. The van der Waals surface area contributed by atoms with E-state index < -0.39 is 10.8 Å². The average molecular weight is 268 g/mol. The summed E-state index contributed by atoms with van der Waals surface area (Å²) >= 11 is 0. The van der Waals surface area contributed by atoms with Crippen LogP contribution in [-0.4, -0.2) is 23.0 Å². The van der Waals surface area contributed by atoms with Crippen molar-refractivity contribution < 1.29 is 13.7 Å². The van der Waals surface area contributed by atoms with Gasteiger partial charge in [0.1, 0.15) is 0 Å². The maximum Gasteiger partial charge on any atom is 0.309 e. The molecule has 0 heterocycles. The van der Waals surface area contributed by atoms with Gasteiger partial charge < -0.3 is 4.74 Å². The molecule has 0 spiro atoms. The zero-order valence-corrected chi connectivity index (χ0v) is 12.2. The SMILES string of the molecule is COC(=O)C(C)CS(=O)Cc1c(C)cccc1C. The van der Waals surface area contributed by atoms with Crippen molar-refractivity contribution in [1.82, 2.24) is 0 Å². The molecule has 0 aliphatic rings. The number of rotatable bonds is 5. The number of hydrogen-bond acceptors (Lipinski definition) is 3. The van der Waals surface area contributed by atoms with Gasteiger partial charge in [-0.15, -0.1) is 0 Å². The predicted octanol–water partition coefficient (Wildman–Crippen LogP) is 2.36. The maximum atomic E-state index is 12.1. The van der Waals surface area contributed by atoms with Crippen molar-refractivity contribution in [3.63, 3.8) is 0 Å². The fourth-order valence-corrected chi connectivity index (χ4v) is 3.43. The van der Waals surface area contributed by atoms with Gasteiger partial charge in [-0.25, -0.2) is 0 Å². The van der Waals surface area contributed by atoms with Crippen molar-refractivity contribution in [2.75, 3.05) is 12.9 Å². The summed E-state index contributed by atoms with van der Waals surface area (Å²) in [5, 5.41) is 0. The first-order valence-electron chi connectivity index (χ1n) is 5.93. The van der Waals surface area contributed by atoms with Crippen LogP contribution in [0.15, 0.2) is 18.2 Å². The molecule has 2 unspecified atom stereocenters.